The van der Waals surface area contributed by atoms with Crippen molar-refractivity contribution in [3.05, 3.63) is 41.5 Å². The summed E-state index contributed by atoms with van der Waals surface area (Å²) in [6, 6.07) is 7.53. The van der Waals surface area contributed by atoms with Crippen LogP contribution in [0.4, 0.5) is 0 Å². The Balaban J connectivity index is 1.89. The van der Waals surface area contributed by atoms with Crippen LogP contribution < -0.4 is 0 Å². The number of aliphatic carboxylic acids is 1. The summed E-state index contributed by atoms with van der Waals surface area (Å²) in [5, 5.41) is 18.9. The molecule has 1 heterocycles. The molecular formula is C18H25NO4. The largest absolute Gasteiger partial charge is 0.478 e. The molecule has 0 saturated carbocycles. The molecule has 2 atom stereocenters. The molecule has 1 saturated heterocycles. The number of ether oxygens (including phenoxy) is 1. The molecule has 1 aromatic rings. The first-order valence-electron chi connectivity index (χ1n) is 8.08. The first kappa shape index (κ1) is 17.7. The number of rotatable bonds is 8. The summed E-state index contributed by atoms with van der Waals surface area (Å²) in [6.45, 7) is 4.93. The fourth-order valence-corrected chi connectivity index (χ4v) is 2.86. The number of hydrogen-bond acceptors (Lipinski definition) is 4. The summed E-state index contributed by atoms with van der Waals surface area (Å²) in [5.74, 6) is -0.977. The number of carbonyl (C=O) groups is 1. The van der Waals surface area contributed by atoms with E-state index in [0.717, 1.165) is 30.3 Å². The third-order valence-electron chi connectivity index (χ3n) is 4.05. The summed E-state index contributed by atoms with van der Waals surface area (Å²) < 4.78 is 5.79. The van der Waals surface area contributed by atoms with Crippen molar-refractivity contribution in [3.63, 3.8) is 0 Å². The molecule has 0 unspecified atom stereocenters. The van der Waals surface area contributed by atoms with Crippen molar-refractivity contribution >= 4 is 12.0 Å². The Bertz CT molecular complexity index is 538. The first-order valence-corrected chi connectivity index (χ1v) is 8.08. The van der Waals surface area contributed by atoms with Crippen LogP contribution in [0.15, 0.2) is 30.3 Å². The number of carboxylic acid groups (broad SMARTS) is 1. The van der Waals surface area contributed by atoms with Gasteiger partial charge < -0.3 is 19.8 Å². The molecule has 0 amide bonds. The Morgan fingerprint density at radius 1 is 1.35 bits per heavy atom. The van der Waals surface area contributed by atoms with Gasteiger partial charge >= 0.3 is 5.97 Å². The second-order valence-corrected chi connectivity index (χ2v) is 5.94. The zero-order chi connectivity index (χ0) is 16.7. The summed E-state index contributed by atoms with van der Waals surface area (Å²) in [5.41, 5.74) is 1.73. The number of aliphatic hydroxyl groups is 1. The predicted molar refractivity (Wildman–Crippen MR) is 89.2 cm³/mol. The van der Waals surface area contributed by atoms with Gasteiger partial charge in [-0.05, 0) is 50.1 Å². The van der Waals surface area contributed by atoms with Crippen LogP contribution in [-0.4, -0.2) is 53.4 Å². The van der Waals surface area contributed by atoms with Crippen molar-refractivity contribution in [1.29, 1.82) is 0 Å². The van der Waals surface area contributed by atoms with Crippen LogP contribution in [0.3, 0.4) is 0 Å². The van der Waals surface area contributed by atoms with E-state index in [1.165, 1.54) is 12.8 Å². The van der Waals surface area contributed by atoms with Gasteiger partial charge in [-0.25, -0.2) is 4.79 Å². The van der Waals surface area contributed by atoms with Crippen LogP contribution in [0.2, 0.25) is 0 Å². The van der Waals surface area contributed by atoms with Crippen LogP contribution >= 0.6 is 0 Å². The number of benzene rings is 1. The van der Waals surface area contributed by atoms with E-state index in [1.807, 2.05) is 31.2 Å². The summed E-state index contributed by atoms with van der Waals surface area (Å²) >= 11 is 0. The van der Waals surface area contributed by atoms with Gasteiger partial charge in [-0.1, -0.05) is 24.3 Å². The summed E-state index contributed by atoms with van der Waals surface area (Å²) in [4.78, 5) is 12.9. The fraction of sp³-hybridized carbons (Fsp3) is 0.500. The van der Waals surface area contributed by atoms with Gasteiger partial charge in [0, 0.05) is 12.6 Å². The molecule has 1 aliphatic heterocycles. The van der Waals surface area contributed by atoms with E-state index in [1.54, 1.807) is 6.08 Å². The van der Waals surface area contributed by atoms with Crippen molar-refractivity contribution in [3.8, 4) is 0 Å². The van der Waals surface area contributed by atoms with E-state index in [9.17, 15) is 9.90 Å². The van der Waals surface area contributed by atoms with Gasteiger partial charge in [0.05, 0.1) is 18.8 Å². The lowest BCUT2D eigenvalue weighted by molar-refractivity contribution is -0.131. The second-order valence-electron chi connectivity index (χ2n) is 5.94. The van der Waals surface area contributed by atoms with Crippen molar-refractivity contribution in [2.45, 2.75) is 32.0 Å². The molecule has 0 spiro atoms. The minimum Gasteiger partial charge on any atom is -0.478 e. The standard InChI is InChI=1S/C18H25NO4/c1-14(23-13-16(20)12-19-10-4-5-11-19)17-7-3-2-6-15(17)8-9-18(21)22/h2-3,6-9,14,16,20H,4-5,10-13H2,1H3,(H,21,22)/b9-8+/t14-,16-/m1/s1. The molecule has 5 heteroatoms. The molecule has 2 N–H and O–H groups in total. The van der Waals surface area contributed by atoms with Crippen LogP contribution in [0.25, 0.3) is 6.08 Å². The van der Waals surface area contributed by atoms with Crippen molar-refractivity contribution < 1.29 is 19.7 Å². The zero-order valence-electron chi connectivity index (χ0n) is 13.5. The average molecular weight is 319 g/mol. The molecule has 0 aromatic heterocycles. The van der Waals surface area contributed by atoms with Gasteiger partial charge in [0.2, 0.25) is 0 Å². The molecule has 1 aliphatic rings. The molecule has 0 aliphatic carbocycles. The van der Waals surface area contributed by atoms with Crippen molar-refractivity contribution in [2.24, 2.45) is 0 Å². The highest BCUT2D eigenvalue weighted by atomic mass is 16.5. The maximum atomic E-state index is 10.7. The molecular weight excluding hydrogens is 294 g/mol. The monoisotopic (exact) mass is 319 g/mol. The summed E-state index contributed by atoms with van der Waals surface area (Å²) in [7, 11) is 0. The highest BCUT2D eigenvalue weighted by Crippen LogP contribution is 2.22. The van der Waals surface area contributed by atoms with E-state index in [0.29, 0.717) is 6.54 Å². The van der Waals surface area contributed by atoms with E-state index in [2.05, 4.69) is 4.90 Å². The first-order chi connectivity index (χ1) is 11.1. The van der Waals surface area contributed by atoms with Gasteiger partial charge in [-0.2, -0.15) is 0 Å². The van der Waals surface area contributed by atoms with Gasteiger partial charge in [-0.15, -0.1) is 0 Å². The molecule has 0 radical (unpaired) electrons. The lowest BCUT2D eigenvalue weighted by Crippen LogP contribution is -2.33. The van der Waals surface area contributed by atoms with E-state index < -0.39 is 12.1 Å². The topological polar surface area (TPSA) is 70.0 Å². The van der Waals surface area contributed by atoms with Crippen LogP contribution in [0.5, 0.6) is 0 Å². The Hall–Kier alpha value is -1.69. The minimum absolute atomic E-state index is 0.210. The number of likely N-dealkylation sites (tertiary alicyclic amines) is 1. The third kappa shape index (κ3) is 5.78. The highest BCUT2D eigenvalue weighted by molar-refractivity contribution is 5.85. The van der Waals surface area contributed by atoms with Crippen LogP contribution in [0.1, 0.15) is 37.0 Å². The number of aliphatic hydroxyl groups excluding tert-OH is 1. The second kappa shape index (κ2) is 8.82. The van der Waals surface area contributed by atoms with E-state index >= 15 is 0 Å². The van der Waals surface area contributed by atoms with Gasteiger partial charge in [0.15, 0.2) is 0 Å². The average Bonchev–Trinajstić information content (AvgIpc) is 3.03. The van der Waals surface area contributed by atoms with Gasteiger partial charge in [0.25, 0.3) is 0 Å². The lowest BCUT2D eigenvalue weighted by atomic mass is 10.0. The maximum absolute atomic E-state index is 10.7. The van der Waals surface area contributed by atoms with Crippen LogP contribution in [0, 0.1) is 0 Å². The number of nitrogens with zero attached hydrogens (tertiary/aromatic N) is 1. The quantitative estimate of drug-likeness (QED) is 0.720. The molecule has 126 valence electrons. The van der Waals surface area contributed by atoms with E-state index in [-0.39, 0.29) is 12.7 Å². The Morgan fingerprint density at radius 3 is 2.74 bits per heavy atom. The number of hydrogen-bond donors (Lipinski definition) is 2. The summed E-state index contributed by atoms with van der Waals surface area (Å²) in [6.07, 6.45) is 4.38. The lowest BCUT2D eigenvalue weighted by Gasteiger charge is -2.22. The molecule has 1 aromatic carbocycles. The van der Waals surface area contributed by atoms with Crippen LogP contribution in [-0.2, 0) is 9.53 Å². The molecule has 2 rings (SSSR count). The van der Waals surface area contributed by atoms with E-state index in [4.69, 9.17) is 9.84 Å². The maximum Gasteiger partial charge on any atom is 0.328 e. The molecule has 5 nitrogen and oxygen atoms in total. The van der Waals surface area contributed by atoms with Crippen molar-refractivity contribution in [2.75, 3.05) is 26.2 Å². The molecule has 0 bridgehead atoms. The number of β-amino-alcohol motifs (C(OH)–C–C–N with tert-alkyl or cyclic N) is 1. The Labute approximate surface area is 137 Å². The Kier molecular flexibility index (Phi) is 6.77. The van der Waals surface area contributed by atoms with Gasteiger partial charge in [-0.3, -0.25) is 0 Å². The minimum atomic E-state index is -0.977. The highest BCUT2D eigenvalue weighted by Gasteiger charge is 2.17. The van der Waals surface area contributed by atoms with Gasteiger partial charge in [0.1, 0.15) is 0 Å². The fourth-order valence-electron chi connectivity index (χ4n) is 2.86. The molecule has 23 heavy (non-hydrogen) atoms. The molecule has 1 fully saturated rings. The zero-order valence-corrected chi connectivity index (χ0v) is 13.5. The van der Waals surface area contributed by atoms with Crippen molar-refractivity contribution in [1.82, 2.24) is 4.90 Å². The predicted octanol–water partition coefficient (Wildman–Crippen LogP) is 2.32. The number of carboxylic acids is 1. The SMILES string of the molecule is C[C@@H](OC[C@H](O)CN1CCCC1)c1ccccc1/C=C/C(=O)O. The third-order valence-corrected chi connectivity index (χ3v) is 4.05. The Morgan fingerprint density at radius 2 is 2.04 bits per heavy atom. The smallest absolute Gasteiger partial charge is 0.328 e. The normalized spacial score (nSPS) is 18.3.